The van der Waals surface area contributed by atoms with Crippen LogP contribution >= 0.6 is 0 Å². The largest absolute Gasteiger partial charge is 0.319 e. The van der Waals surface area contributed by atoms with Crippen LogP contribution in [0.1, 0.15) is 24.0 Å². The number of benzene rings is 3. The zero-order valence-corrected chi connectivity index (χ0v) is 19.8. The minimum absolute atomic E-state index is 0.0760. The molecule has 7 heteroatoms. The molecule has 1 unspecified atom stereocenters. The van der Waals surface area contributed by atoms with E-state index in [4.69, 9.17) is 0 Å². The van der Waals surface area contributed by atoms with Crippen molar-refractivity contribution in [2.75, 3.05) is 13.1 Å². The second kappa shape index (κ2) is 9.33. The van der Waals surface area contributed by atoms with Crippen LogP contribution in [0, 0.1) is 0 Å². The van der Waals surface area contributed by atoms with E-state index < -0.39 is 15.7 Å². The molecule has 2 aliphatic rings. The number of piperidine rings is 1. The number of nitrogens with one attached hydrogen (secondary N) is 1. The summed E-state index contributed by atoms with van der Waals surface area (Å²) in [5, 5.41) is 3.64. The first-order chi connectivity index (χ1) is 16.5. The molecule has 2 heterocycles. The molecule has 0 radical (unpaired) electrons. The Kier molecular flexibility index (Phi) is 6.25. The first-order valence-corrected chi connectivity index (χ1v) is 13.1. The van der Waals surface area contributed by atoms with Gasteiger partial charge in [0, 0.05) is 19.6 Å². The fraction of sp³-hybridized carbons (Fsp3) is 0.296. The molecule has 2 aliphatic heterocycles. The van der Waals surface area contributed by atoms with E-state index in [9.17, 15) is 13.2 Å². The molecule has 0 aromatic heterocycles. The zero-order chi connectivity index (χ0) is 23.6. The molecule has 2 fully saturated rings. The van der Waals surface area contributed by atoms with Gasteiger partial charge < -0.3 is 4.90 Å². The summed E-state index contributed by atoms with van der Waals surface area (Å²) in [5.41, 5.74) is 1.61. The Morgan fingerprint density at radius 3 is 1.91 bits per heavy atom. The number of nitrogens with zero attached hydrogens (tertiary/aromatic N) is 2. The van der Waals surface area contributed by atoms with Crippen molar-refractivity contribution >= 4 is 15.9 Å². The van der Waals surface area contributed by atoms with Crippen LogP contribution in [0.25, 0.3) is 0 Å². The van der Waals surface area contributed by atoms with Gasteiger partial charge in [0.05, 0.1) is 16.6 Å². The molecule has 1 N–H and O–H groups in total. The second-order valence-electron chi connectivity index (χ2n) is 9.05. The molecule has 3 aromatic carbocycles. The molecular formula is C27H29N3O3S. The van der Waals surface area contributed by atoms with Crippen LogP contribution in [0.5, 0.6) is 0 Å². The molecule has 0 saturated carbocycles. The molecule has 3 aromatic rings. The fourth-order valence-corrected chi connectivity index (χ4v) is 6.56. The van der Waals surface area contributed by atoms with Gasteiger partial charge in [0.15, 0.2) is 0 Å². The van der Waals surface area contributed by atoms with Gasteiger partial charge in [-0.2, -0.15) is 4.31 Å². The molecule has 1 spiro atoms. The van der Waals surface area contributed by atoms with Crippen molar-refractivity contribution in [1.82, 2.24) is 14.5 Å². The number of amides is 1. The highest BCUT2D eigenvalue weighted by atomic mass is 32.2. The lowest BCUT2D eigenvalue weighted by atomic mass is 9.96. The minimum atomic E-state index is -3.56. The van der Waals surface area contributed by atoms with Crippen molar-refractivity contribution in [3.63, 3.8) is 0 Å². The van der Waals surface area contributed by atoms with Gasteiger partial charge in [0.2, 0.25) is 15.9 Å². The van der Waals surface area contributed by atoms with Gasteiger partial charge in [-0.1, -0.05) is 78.9 Å². The van der Waals surface area contributed by atoms with E-state index in [2.05, 4.69) is 5.32 Å². The summed E-state index contributed by atoms with van der Waals surface area (Å²) in [6.07, 6.45) is 1.70. The number of carbonyl (C=O) groups is 1. The summed E-state index contributed by atoms with van der Waals surface area (Å²) in [4.78, 5) is 15.9. The van der Waals surface area contributed by atoms with Crippen molar-refractivity contribution < 1.29 is 13.2 Å². The predicted octanol–water partition coefficient (Wildman–Crippen LogP) is 3.41. The molecule has 34 heavy (non-hydrogen) atoms. The topological polar surface area (TPSA) is 69.7 Å². The van der Waals surface area contributed by atoms with Gasteiger partial charge in [0.1, 0.15) is 0 Å². The Hall–Kier alpha value is -3.00. The van der Waals surface area contributed by atoms with E-state index in [0.717, 1.165) is 11.1 Å². The molecule has 5 rings (SSSR count). The van der Waals surface area contributed by atoms with E-state index in [1.807, 2.05) is 71.6 Å². The van der Waals surface area contributed by atoms with Gasteiger partial charge >= 0.3 is 0 Å². The molecule has 6 nitrogen and oxygen atoms in total. The Balaban J connectivity index is 1.39. The summed E-state index contributed by atoms with van der Waals surface area (Å²) >= 11 is 0. The van der Waals surface area contributed by atoms with Crippen LogP contribution in [0.4, 0.5) is 0 Å². The third kappa shape index (κ3) is 4.39. The standard InChI is InChI=1S/C27H29N3O3S/c31-26-25(20-22-10-4-1-5-11-22)28-27(30(26)21-23-12-6-2-7-13-23)16-18-29(19-17-27)34(32,33)24-14-8-3-9-15-24/h1-15,25,28H,16-21H2. The van der Waals surface area contributed by atoms with Crippen molar-refractivity contribution in [3.05, 3.63) is 102 Å². The summed E-state index contributed by atoms with van der Waals surface area (Å²) < 4.78 is 27.9. The zero-order valence-electron chi connectivity index (χ0n) is 19.0. The quantitative estimate of drug-likeness (QED) is 0.593. The molecule has 1 amide bonds. The average molecular weight is 476 g/mol. The lowest BCUT2D eigenvalue weighted by Crippen LogP contribution is -2.59. The maximum absolute atomic E-state index is 13.6. The summed E-state index contributed by atoms with van der Waals surface area (Å²) in [6.45, 7) is 1.23. The third-order valence-electron chi connectivity index (χ3n) is 6.92. The third-order valence-corrected chi connectivity index (χ3v) is 8.83. The Labute approximate surface area is 201 Å². The Morgan fingerprint density at radius 1 is 0.794 bits per heavy atom. The molecule has 176 valence electrons. The summed E-state index contributed by atoms with van der Waals surface area (Å²) in [6, 6.07) is 28.2. The molecule has 1 atom stereocenters. The lowest BCUT2D eigenvalue weighted by molar-refractivity contribution is -0.134. The molecule has 0 bridgehead atoms. The van der Waals surface area contributed by atoms with Crippen LogP contribution < -0.4 is 5.32 Å². The maximum atomic E-state index is 13.6. The monoisotopic (exact) mass is 475 g/mol. The maximum Gasteiger partial charge on any atom is 0.243 e. The van der Waals surface area contributed by atoms with Gasteiger partial charge in [-0.05, 0) is 42.5 Å². The molecule has 0 aliphatic carbocycles. The summed E-state index contributed by atoms with van der Waals surface area (Å²) in [5.74, 6) is 0.0760. The highest BCUT2D eigenvalue weighted by Gasteiger charge is 2.52. The predicted molar refractivity (Wildman–Crippen MR) is 131 cm³/mol. The Bertz CT molecular complexity index is 1230. The smallest absolute Gasteiger partial charge is 0.243 e. The van der Waals surface area contributed by atoms with Crippen molar-refractivity contribution in [2.24, 2.45) is 0 Å². The van der Waals surface area contributed by atoms with E-state index in [1.54, 1.807) is 28.6 Å². The van der Waals surface area contributed by atoms with Crippen molar-refractivity contribution in [3.8, 4) is 0 Å². The van der Waals surface area contributed by atoms with Crippen LogP contribution in [-0.4, -0.2) is 48.3 Å². The van der Waals surface area contributed by atoms with Crippen molar-refractivity contribution in [1.29, 1.82) is 0 Å². The number of carbonyl (C=O) groups excluding carboxylic acids is 1. The Morgan fingerprint density at radius 2 is 1.32 bits per heavy atom. The normalized spacial score (nSPS) is 20.6. The number of rotatable bonds is 6. The number of sulfonamides is 1. The van der Waals surface area contributed by atoms with Gasteiger partial charge in [-0.3, -0.25) is 10.1 Å². The lowest BCUT2D eigenvalue weighted by Gasteiger charge is -2.44. The van der Waals surface area contributed by atoms with E-state index in [1.165, 1.54) is 0 Å². The first kappa shape index (κ1) is 22.8. The van der Waals surface area contributed by atoms with E-state index in [0.29, 0.717) is 43.8 Å². The van der Waals surface area contributed by atoms with E-state index >= 15 is 0 Å². The van der Waals surface area contributed by atoms with Crippen molar-refractivity contribution in [2.45, 2.75) is 42.4 Å². The van der Waals surface area contributed by atoms with Gasteiger partial charge in [0.25, 0.3) is 0 Å². The minimum Gasteiger partial charge on any atom is -0.319 e. The van der Waals surface area contributed by atoms with Gasteiger partial charge in [-0.15, -0.1) is 0 Å². The molecule has 2 saturated heterocycles. The van der Waals surface area contributed by atoms with Crippen LogP contribution in [0.3, 0.4) is 0 Å². The molecular weight excluding hydrogens is 446 g/mol. The first-order valence-electron chi connectivity index (χ1n) is 11.7. The summed E-state index contributed by atoms with van der Waals surface area (Å²) in [7, 11) is -3.56. The SMILES string of the molecule is O=C1C(Cc2ccccc2)NC2(CCN(S(=O)(=O)c3ccccc3)CC2)N1Cc1ccccc1. The van der Waals surface area contributed by atoms with Crippen LogP contribution in [0.15, 0.2) is 95.9 Å². The second-order valence-corrected chi connectivity index (χ2v) is 11.0. The highest BCUT2D eigenvalue weighted by molar-refractivity contribution is 7.89. The van der Waals surface area contributed by atoms with Gasteiger partial charge in [-0.25, -0.2) is 8.42 Å². The number of hydrogen-bond donors (Lipinski definition) is 1. The fourth-order valence-electron chi connectivity index (χ4n) is 5.10. The number of hydrogen-bond acceptors (Lipinski definition) is 4. The van der Waals surface area contributed by atoms with E-state index in [-0.39, 0.29) is 11.9 Å². The highest BCUT2D eigenvalue weighted by Crippen LogP contribution is 2.36. The average Bonchev–Trinajstić information content (AvgIpc) is 3.11. The van der Waals surface area contributed by atoms with Crippen LogP contribution in [0.2, 0.25) is 0 Å². The van der Waals surface area contributed by atoms with Crippen LogP contribution in [-0.2, 0) is 27.8 Å².